The number of rotatable bonds is 4. The number of benzene rings is 2. The van der Waals surface area contributed by atoms with Gasteiger partial charge >= 0.3 is 6.09 Å². The topological polar surface area (TPSA) is 79.6 Å². The summed E-state index contributed by atoms with van der Waals surface area (Å²) in [5.41, 5.74) is 8.14. The molecule has 2 aromatic rings. The number of hydrogen-bond donors (Lipinski definition) is 3. The Morgan fingerprint density at radius 1 is 1.19 bits per heavy atom. The minimum absolute atomic E-state index is 0.336. The largest absolute Gasteiger partial charge is 0.415 e. The van der Waals surface area contributed by atoms with Crippen LogP contribution in [0.2, 0.25) is 10.0 Å². The molecule has 4 N–H and O–H groups in total. The van der Waals surface area contributed by atoms with Gasteiger partial charge in [-0.25, -0.2) is 4.79 Å². The zero-order chi connectivity index (χ0) is 18.5. The zero-order valence-corrected chi connectivity index (χ0v) is 15.6. The first kappa shape index (κ1) is 18.6. The number of amides is 1. The summed E-state index contributed by atoms with van der Waals surface area (Å²) < 4.78 is 5.47. The van der Waals surface area contributed by atoms with Crippen LogP contribution in [0, 0.1) is 0 Å². The fourth-order valence-corrected chi connectivity index (χ4v) is 3.27. The van der Waals surface area contributed by atoms with E-state index in [1.165, 1.54) is 0 Å². The Labute approximate surface area is 162 Å². The summed E-state index contributed by atoms with van der Waals surface area (Å²) in [5.74, 6) is 0.336. The average Bonchev–Trinajstić information content (AvgIpc) is 2.62. The van der Waals surface area contributed by atoms with Crippen LogP contribution in [0.15, 0.2) is 36.4 Å². The summed E-state index contributed by atoms with van der Waals surface area (Å²) in [5, 5.41) is 7.55. The van der Waals surface area contributed by atoms with Gasteiger partial charge < -0.3 is 26.0 Å². The number of nitrogens with two attached hydrogens (primary N) is 1. The van der Waals surface area contributed by atoms with E-state index in [1.807, 2.05) is 18.2 Å². The molecule has 0 unspecified atom stereocenters. The minimum atomic E-state index is -0.392. The molecule has 0 aliphatic carbocycles. The van der Waals surface area contributed by atoms with Crippen LogP contribution in [-0.2, 0) is 6.54 Å². The average molecular weight is 395 g/mol. The monoisotopic (exact) mass is 394 g/mol. The van der Waals surface area contributed by atoms with Crippen LogP contribution in [0.4, 0.5) is 16.2 Å². The Kier molecular flexibility index (Phi) is 6.08. The lowest BCUT2D eigenvalue weighted by atomic mass is 10.2. The highest BCUT2D eigenvalue weighted by Gasteiger charge is 2.19. The first-order valence-electron chi connectivity index (χ1n) is 8.28. The molecule has 3 rings (SSSR count). The number of nitrogen functional groups attached to an aromatic ring is 1. The summed E-state index contributed by atoms with van der Waals surface area (Å²) in [4.78, 5) is 13.9. The molecule has 0 saturated carbocycles. The number of piperazine rings is 1. The van der Waals surface area contributed by atoms with Gasteiger partial charge in [0, 0.05) is 42.8 Å². The minimum Gasteiger partial charge on any atom is -0.408 e. The molecule has 8 heteroatoms. The lowest BCUT2D eigenvalue weighted by Gasteiger charge is -2.26. The van der Waals surface area contributed by atoms with Crippen molar-refractivity contribution in [2.75, 3.05) is 37.2 Å². The van der Waals surface area contributed by atoms with E-state index in [0.717, 1.165) is 18.7 Å². The van der Waals surface area contributed by atoms with Gasteiger partial charge in [0.05, 0.1) is 11.4 Å². The van der Waals surface area contributed by atoms with Crippen LogP contribution >= 0.6 is 23.2 Å². The number of ether oxygens (including phenoxy) is 1. The Morgan fingerprint density at radius 3 is 2.58 bits per heavy atom. The molecule has 2 aromatic carbocycles. The van der Waals surface area contributed by atoms with E-state index in [4.69, 9.17) is 33.7 Å². The van der Waals surface area contributed by atoms with Crippen LogP contribution in [-0.4, -0.2) is 37.2 Å². The van der Waals surface area contributed by atoms with Gasteiger partial charge in [-0.2, -0.15) is 0 Å². The van der Waals surface area contributed by atoms with Crippen molar-refractivity contribution in [1.29, 1.82) is 0 Å². The fraction of sp³-hybridized carbons (Fsp3) is 0.278. The molecule has 1 amide bonds. The van der Waals surface area contributed by atoms with Crippen molar-refractivity contribution in [3.05, 3.63) is 52.0 Å². The SMILES string of the molecule is Nc1c(NCc2cc(Cl)cc(Cl)c2)cccc1OC(=O)N1CCNCC1. The van der Waals surface area contributed by atoms with Crippen molar-refractivity contribution < 1.29 is 9.53 Å². The molecule has 0 radical (unpaired) electrons. The smallest absolute Gasteiger partial charge is 0.408 e. The van der Waals surface area contributed by atoms with Crippen LogP contribution in [0.1, 0.15) is 5.56 Å². The summed E-state index contributed by atoms with van der Waals surface area (Å²) >= 11 is 12.0. The van der Waals surface area contributed by atoms with E-state index in [0.29, 0.717) is 46.8 Å². The van der Waals surface area contributed by atoms with Crippen LogP contribution in [0.5, 0.6) is 5.75 Å². The van der Waals surface area contributed by atoms with Gasteiger partial charge in [0.15, 0.2) is 5.75 Å². The first-order chi connectivity index (χ1) is 12.5. The maximum atomic E-state index is 12.3. The van der Waals surface area contributed by atoms with Crippen molar-refractivity contribution in [2.45, 2.75) is 6.54 Å². The first-order valence-corrected chi connectivity index (χ1v) is 9.03. The standard InChI is InChI=1S/C18H20Cl2N4O2/c19-13-8-12(9-14(20)10-13)11-23-15-2-1-3-16(17(15)21)26-18(25)24-6-4-22-5-7-24/h1-3,8-10,22-23H,4-7,11,21H2. The summed E-state index contributed by atoms with van der Waals surface area (Å²) in [7, 11) is 0. The Hall–Kier alpha value is -2.15. The second kappa shape index (κ2) is 8.49. The van der Waals surface area contributed by atoms with Gasteiger partial charge in [-0.05, 0) is 35.9 Å². The van der Waals surface area contributed by atoms with Gasteiger partial charge in [-0.3, -0.25) is 0 Å². The highest BCUT2D eigenvalue weighted by Crippen LogP contribution is 2.30. The van der Waals surface area contributed by atoms with E-state index >= 15 is 0 Å². The number of nitrogens with zero attached hydrogens (tertiary/aromatic N) is 1. The predicted molar refractivity (Wildman–Crippen MR) is 105 cm³/mol. The fourth-order valence-electron chi connectivity index (χ4n) is 2.70. The van der Waals surface area contributed by atoms with Crippen molar-refractivity contribution in [3.63, 3.8) is 0 Å². The Bertz CT molecular complexity index is 775. The number of anilines is 2. The normalized spacial score (nSPS) is 14.2. The number of carbonyl (C=O) groups excluding carboxylic acids is 1. The lowest BCUT2D eigenvalue weighted by molar-refractivity contribution is 0.146. The summed E-state index contributed by atoms with van der Waals surface area (Å²) in [6.07, 6.45) is -0.392. The molecule has 6 nitrogen and oxygen atoms in total. The number of carbonyl (C=O) groups is 1. The molecular formula is C18H20Cl2N4O2. The highest BCUT2D eigenvalue weighted by molar-refractivity contribution is 6.34. The predicted octanol–water partition coefficient (Wildman–Crippen LogP) is 3.59. The molecule has 138 valence electrons. The van der Waals surface area contributed by atoms with E-state index in [2.05, 4.69) is 10.6 Å². The number of para-hydroxylation sites is 1. The summed E-state index contributed by atoms with van der Waals surface area (Å²) in [6.45, 7) is 3.24. The molecule has 1 saturated heterocycles. The Balaban J connectivity index is 1.67. The molecule has 0 atom stereocenters. The van der Waals surface area contributed by atoms with Crippen LogP contribution in [0.25, 0.3) is 0 Å². The molecule has 1 aliphatic rings. The third-order valence-corrected chi connectivity index (χ3v) is 4.48. The maximum Gasteiger partial charge on any atom is 0.415 e. The van der Waals surface area contributed by atoms with Gasteiger partial charge in [-0.1, -0.05) is 29.3 Å². The van der Waals surface area contributed by atoms with E-state index in [-0.39, 0.29) is 0 Å². The number of hydrogen-bond acceptors (Lipinski definition) is 5. The third kappa shape index (κ3) is 4.72. The molecule has 1 fully saturated rings. The maximum absolute atomic E-state index is 12.3. The molecular weight excluding hydrogens is 375 g/mol. The van der Waals surface area contributed by atoms with E-state index in [1.54, 1.807) is 23.1 Å². The van der Waals surface area contributed by atoms with Crippen molar-refractivity contribution in [1.82, 2.24) is 10.2 Å². The van der Waals surface area contributed by atoms with Crippen molar-refractivity contribution in [3.8, 4) is 5.75 Å². The molecule has 0 spiro atoms. The Morgan fingerprint density at radius 2 is 1.88 bits per heavy atom. The van der Waals surface area contributed by atoms with E-state index < -0.39 is 6.09 Å². The molecule has 26 heavy (non-hydrogen) atoms. The van der Waals surface area contributed by atoms with Crippen LogP contribution < -0.4 is 21.1 Å². The molecule has 0 aromatic heterocycles. The van der Waals surface area contributed by atoms with E-state index in [9.17, 15) is 4.79 Å². The second-order valence-electron chi connectivity index (χ2n) is 5.95. The quantitative estimate of drug-likeness (QED) is 0.690. The second-order valence-corrected chi connectivity index (χ2v) is 6.83. The zero-order valence-electron chi connectivity index (χ0n) is 14.1. The number of nitrogens with one attached hydrogen (secondary N) is 2. The van der Waals surface area contributed by atoms with Gasteiger partial charge in [0.2, 0.25) is 0 Å². The van der Waals surface area contributed by atoms with Gasteiger partial charge in [-0.15, -0.1) is 0 Å². The van der Waals surface area contributed by atoms with Gasteiger partial charge in [0.1, 0.15) is 0 Å². The van der Waals surface area contributed by atoms with Crippen molar-refractivity contribution in [2.24, 2.45) is 0 Å². The number of halogens is 2. The van der Waals surface area contributed by atoms with Crippen LogP contribution in [0.3, 0.4) is 0 Å². The molecule has 1 aliphatic heterocycles. The van der Waals surface area contributed by atoms with Gasteiger partial charge in [0.25, 0.3) is 0 Å². The lowest BCUT2D eigenvalue weighted by Crippen LogP contribution is -2.47. The van der Waals surface area contributed by atoms with Crippen molar-refractivity contribution >= 4 is 40.7 Å². The molecule has 1 heterocycles. The molecule has 0 bridgehead atoms. The summed E-state index contributed by atoms with van der Waals surface area (Å²) in [6, 6.07) is 10.6. The highest BCUT2D eigenvalue weighted by atomic mass is 35.5. The third-order valence-electron chi connectivity index (χ3n) is 4.04.